The van der Waals surface area contributed by atoms with Gasteiger partial charge in [-0.1, -0.05) is 36.2 Å². The molecule has 9 heteroatoms. The lowest BCUT2D eigenvalue weighted by atomic mass is 9.85. The molecule has 1 heterocycles. The number of hydrogen-bond donors (Lipinski definition) is 4. The monoisotopic (exact) mass is 484 g/mol. The van der Waals surface area contributed by atoms with Crippen LogP contribution in [0.3, 0.4) is 0 Å². The molecule has 0 radical (unpaired) electrons. The second kappa shape index (κ2) is 10.5. The van der Waals surface area contributed by atoms with Gasteiger partial charge in [-0.2, -0.15) is 0 Å². The average molecular weight is 485 g/mol. The molecule has 7 nitrogen and oxygen atoms in total. The Kier molecular flexibility index (Phi) is 7.41. The third-order valence-corrected chi connectivity index (χ3v) is 6.35. The molecule has 0 saturated heterocycles. The summed E-state index contributed by atoms with van der Waals surface area (Å²) in [4.78, 5) is 21.6. The zero-order valence-electron chi connectivity index (χ0n) is 18.4. The topological polar surface area (TPSA) is 121 Å². The van der Waals surface area contributed by atoms with E-state index in [9.17, 15) is 19.4 Å². The highest BCUT2D eigenvalue weighted by molar-refractivity contribution is 6.30. The minimum Gasteiger partial charge on any atom is -0.394 e. The molecule has 178 valence electrons. The summed E-state index contributed by atoms with van der Waals surface area (Å²) < 4.78 is 15.0. The van der Waals surface area contributed by atoms with E-state index in [1.807, 2.05) is 0 Å². The van der Waals surface area contributed by atoms with Crippen LogP contribution in [0.2, 0.25) is 5.02 Å². The molecule has 1 aliphatic carbocycles. The third kappa shape index (κ3) is 5.35. The summed E-state index contributed by atoms with van der Waals surface area (Å²) in [5.74, 6) is -1.21. The van der Waals surface area contributed by atoms with Crippen molar-refractivity contribution in [3.63, 3.8) is 0 Å². The van der Waals surface area contributed by atoms with Gasteiger partial charge in [-0.05, 0) is 49.1 Å². The molecule has 1 aromatic heterocycles. The molecule has 5 N–H and O–H groups in total. The van der Waals surface area contributed by atoms with Crippen molar-refractivity contribution >= 4 is 23.3 Å². The van der Waals surface area contributed by atoms with Gasteiger partial charge in [0.25, 0.3) is 5.91 Å². The average Bonchev–Trinajstić information content (AvgIpc) is 2.82. The molecular formula is C25H26ClFN4O3. The molecule has 1 fully saturated rings. The molecule has 1 aliphatic rings. The largest absolute Gasteiger partial charge is 0.394 e. The number of aliphatic hydroxyl groups is 2. The first kappa shape index (κ1) is 24.1. The van der Waals surface area contributed by atoms with Crippen molar-refractivity contribution in [1.82, 2.24) is 15.3 Å². The Balaban J connectivity index is 1.56. The summed E-state index contributed by atoms with van der Waals surface area (Å²) in [5.41, 5.74) is 7.88. The van der Waals surface area contributed by atoms with E-state index in [1.165, 1.54) is 12.1 Å². The van der Waals surface area contributed by atoms with E-state index in [-0.39, 0.29) is 30.0 Å². The first-order valence-electron chi connectivity index (χ1n) is 11.1. The van der Waals surface area contributed by atoms with Gasteiger partial charge in [0.05, 0.1) is 36.2 Å². The van der Waals surface area contributed by atoms with Crippen LogP contribution in [0.1, 0.15) is 59.3 Å². The van der Waals surface area contributed by atoms with Gasteiger partial charge in [-0.3, -0.25) is 4.79 Å². The van der Waals surface area contributed by atoms with Crippen molar-refractivity contribution in [2.75, 3.05) is 12.3 Å². The molecule has 3 aromatic rings. The molecule has 4 rings (SSSR count). The molecule has 0 unspecified atom stereocenters. The van der Waals surface area contributed by atoms with Crippen LogP contribution in [0.4, 0.5) is 10.2 Å². The Morgan fingerprint density at radius 3 is 2.79 bits per heavy atom. The van der Waals surface area contributed by atoms with Crippen LogP contribution in [0, 0.1) is 5.82 Å². The van der Waals surface area contributed by atoms with Crippen molar-refractivity contribution in [1.29, 1.82) is 0 Å². The predicted octanol–water partition coefficient (Wildman–Crippen LogP) is 4.00. The fraction of sp³-hybridized carbons (Fsp3) is 0.320. The van der Waals surface area contributed by atoms with Gasteiger partial charge in [-0.15, -0.1) is 0 Å². The summed E-state index contributed by atoms with van der Waals surface area (Å²) in [6.07, 6.45) is 4.40. The third-order valence-electron chi connectivity index (χ3n) is 6.11. The van der Waals surface area contributed by atoms with Crippen LogP contribution >= 0.6 is 11.6 Å². The first-order valence-corrected chi connectivity index (χ1v) is 11.5. The zero-order valence-corrected chi connectivity index (χ0v) is 19.2. The van der Waals surface area contributed by atoms with Crippen LogP contribution in [0.25, 0.3) is 11.3 Å². The van der Waals surface area contributed by atoms with E-state index in [0.29, 0.717) is 34.0 Å². The van der Waals surface area contributed by atoms with Gasteiger partial charge >= 0.3 is 0 Å². The highest BCUT2D eigenvalue weighted by atomic mass is 35.5. The Morgan fingerprint density at radius 1 is 1.26 bits per heavy atom. The number of amides is 1. The van der Waals surface area contributed by atoms with Crippen LogP contribution < -0.4 is 11.1 Å². The van der Waals surface area contributed by atoms with Crippen LogP contribution in [0.5, 0.6) is 0 Å². The molecule has 0 bridgehead atoms. The minimum absolute atomic E-state index is 0.0624. The van der Waals surface area contributed by atoms with Gasteiger partial charge in [0.2, 0.25) is 0 Å². The number of nitrogens with one attached hydrogen (secondary N) is 1. The van der Waals surface area contributed by atoms with E-state index in [1.54, 1.807) is 36.5 Å². The van der Waals surface area contributed by atoms with Gasteiger partial charge < -0.3 is 21.3 Å². The minimum atomic E-state index is -0.752. The second-order valence-electron chi connectivity index (χ2n) is 8.50. The van der Waals surface area contributed by atoms with Gasteiger partial charge in [-0.25, -0.2) is 14.4 Å². The van der Waals surface area contributed by atoms with E-state index in [2.05, 4.69) is 15.3 Å². The van der Waals surface area contributed by atoms with Crippen molar-refractivity contribution in [3.05, 3.63) is 76.3 Å². The highest BCUT2D eigenvalue weighted by Crippen LogP contribution is 2.34. The Hall–Kier alpha value is -3.07. The van der Waals surface area contributed by atoms with Crippen molar-refractivity contribution in [2.24, 2.45) is 0 Å². The maximum Gasteiger partial charge on any atom is 0.254 e. The summed E-state index contributed by atoms with van der Waals surface area (Å²) in [5, 5.41) is 22.8. The van der Waals surface area contributed by atoms with Crippen LogP contribution in [-0.4, -0.2) is 38.8 Å². The summed E-state index contributed by atoms with van der Waals surface area (Å²) >= 11 is 5.99. The van der Waals surface area contributed by atoms with E-state index >= 15 is 0 Å². The lowest BCUT2D eigenvalue weighted by Crippen LogP contribution is -2.31. The van der Waals surface area contributed by atoms with E-state index in [0.717, 1.165) is 19.3 Å². The number of nitrogens with zero attached hydrogens (tertiary/aromatic N) is 2. The number of hydrogen-bond acceptors (Lipinski definition) is 6. The SMILES string of the molecule is Nc1ncc([C@H]2CCC[C@H](O)C2)nc1-c1ccc(C(=O)N[C@H](CO)c2cccc(Cl)c2)c(F)c1. The van der Waals surface area contributed by atoms with Crippen LogP contribution in [-0.2, 0) is 0 Å². The number of aliphatic hydroxyl groups excluding tert-OH is 2. The molecule has 0 aliphatic heterocycles. The van der Waals surface area contributed by atoms with Crippen molar-refractivity contribution < 1.29 is 19.4 Å². The van der Waals surface area contributed by atoms with E-state index < -0.39 is 17.8 Å². The summed E-state index contributed by atoms with van der Waals surface area (Å²) in [7, 11) is 0. The Labute approximate surface area is 201 Å². The Bertz CT molecular complexity index is 1190. The molecule has 1 saturated carbocycles. The number of nitrogens with two attached hydrogens (primary N) is 1. The normalized spacial score (nSPS) is 18.9. The lowest BCUT2D eigenvalue weighted by molar-refractivity contribution is 0.0912. The molecular weight excluding hydrogens is 459 g/mol. The summed E-state index contributed by atoms with van der Waals surface area (Å²) in [6, 6.07) is 10.1. The fourth-order valence-electron chi connectivity index (χ4n) is 4.29. The van der Waals surface area contributed by atoms with Gasteiger partial charge in [0, 0.05) is 16.5 Å². The number of nitrogen functional groups attached to an aromatic ring is 1. The van der Waals surface area contributed by atoms with Gasteiger partial charge in [0.1, 0.15) is 17.3 Å². The number of carbonyl (C=O) groups is 1. The van der Waals surface area contributed by atoms with Crippen molar-refractivity contribution in [3.8, 4) is 11.3 Å². The van der Waals surface area contributed by atoms with Crippen LogP contribution in [0.15, 0.2) is 48.7 Å². The number of halogens is 2. The molecule has 2 aromatic carbocycles. The number of carbonyl (C=O) groups excluding carboxylic acids is 1. The Morgan fingerprint density at radius 2 is 2.09 bits per heavy atom. The highest BCUT2D eigenvalue weighted by Gasteiger charge is 2.24. The quantitative estimate of drug-likeness (QED) is 0.419. The smallest absolute Gasteiger partial charge is 0.254 e. The van der Waals surface area contributed by atoms with E-state index in [4.69, 9.17) is 17.3 Å². The maximum atomic E-state index is 15.0. The second-order valence-corrected chi connectivity index (χ2v) is 8.94. The van der Waals surface area contributed by atoms with Gasteiger partial charge in [0.15, 0.2) is 0 Å². The number of anilines is 1. The lowest BCUT2D eigenvalue weighted by Gasteiger charge is -2.25. The molecule has 34 heavy (non-hydrogen) atoms. The van der Waals surface area contributed by atoms with Crippen molar-refractivity contribution in [2.45, 2.75) is 43.7 Å². The molecule has 0 spiro atoms. The fourth-order valence-corrected chi connectivity index (χ4v) is 4.49. The predicted molar refractivity (Wildman–Crippen MR) is 128 cm³/mol. The molecule has 1 amide bonds. The number of benzene rings is 2. The maximum absolute atomic E-state index is 15.0. The standard InChI is InChI=1S/C25H26ClFN4O3/c26-17-5-1-3-14(9-17)22(13-32)31-25(34)19-8-7-16(11-20(19)27)23-24(28)29-12-21(30-23)15-4-2-6-18(33)10-15/h1,3,5,7-9,11-12,15,18,22,32-33H,2,4,6,10,13H2,(H2,28,29)(H,31,34)/t15-,18-,22+/m0/s1. The zero-order chi connectivity index (χ0) is 24.2. The number of rotatable bonds is 6. The number of aromatic nitrogens is 2. The summed E-state index contributed by atoms with van der Waals surface area (Å²) in [6.45, 7) is -0.374. The molecule has 3 atom stereocenters. The first-order chi connectivity index (χ1) is 16.4.